The van der Waals surface area contributed by atoms with E-state index in [2.05, 4.69) is 29.8 Å². The second-order valence-electron chi connectivity index (χ2n) is 5.71. The molecule has 1 aliphatic heterocycles. The molecule has 3 heteroatoms. The van der Waals surface area contributed by atoms with E-state index >= 15 is 0 Å². The lowest BCUT2D eigenvalue weighted by Gasteiger charge is -2.43. The number of hydrogen-bond acceptors (Lipinski definition) is 3. The van der Waals surface area contributed by atoms with Crippen LogP contribution in [-0.4, -0.2) is 34.7 Å². The quantitative estimate of drug-likeness (QED) is 0.868. The Morgan fingerprint density at radius 2 is 2.35 bits per heavy atom. The Labute approximate surface area is 103 Å². The molecule has 1 aliphatic rings. The lowest BCUT2D eigenvalue weighted by molar-refractivity contribution is 0.0194. The van der Waals surface area contributed by atoms with Gasteiger partial charge in [-0.2, -0.15) is 0 Å². The molecule has 1 N–H and O–H groups in total. The van der Waals surface area contributed by atoms with Crippen molar-refractivity contribution in [3.63, 3.8) is 0 Å². The van der Waals surface area contributed by atoms with Crippen LogP contribution in [0.2, 0.25) is 0 Å². The lowest BCUT2D eigenvalue weighted by atomic mass is 9.73. The number of piperidine rings is 1. The molecule has 2 heterocycles. The third-order valence-electron chi connectivity index (χ3n) is 4.01. The number of pyridine rings is 1. The van der Waals surface area contributed by atoms with Crippen molar-refractivity contribution in [3.8, 4) is 0 Å². The summed E-state index contributed by atoms with van der Waals surface area (Å²) in [5.41, 5.74) is 1.52. The normalized spacial score (nSPS) is 24.8. The molecule has 94 valence electrons. The van der Waals surface area contributed by atoms with Gasteiger partial charge in [0, 0.05) is 32.1 Å². The first-order valence-corrected chi connectivity index (χ1v) is 6.34. The van der Waals surface area contributed by atoms with Crippen LogP contribution in [-0.2, 0) is 6.54 Å². The molecule has 1 aromatic rings. The van der Waals surface area contributed by atoms with Gasteiger partial charge in [0.15, 0.2) is 0 Å². The van der Waals surface area contributed by atoms with Crippen LogP contribution in [0.15, 0.2) is 24.5 Å². The summed E-state index contributed by atoms with van der Waals surface area (Å²) in [4.78, 5) is 6.56. The minimum Gasteiger partial charge on any atom is -0.396 e. The molecular formula is C14H22N2O. The van der Waals surface area contributed by atoms with E-state index in [1.54, 1.807) is 6.20 Å². The molecule has 0 bridgehead atoms. The summed E-state index contributed by atoms with van der Waals surface area (Å²) in [6, 6.07) is 4.09. The van der Waals surface area contributed by atoms with Crippen LogP contribution in [0, 0.1) is 11.3 Å². The largest absolute Gasteiger partial charge is 0.396 e. The van der Waals surface area contributed by atoms with Crippen LogP contribution < -0.4 is 0 Å². The number of aliphatic hydroxyl groups is 1. The molecule has 17 heavy (non-hydrogen) atoms. The van der Waals surface area contributed by atoms with Crippen molar-refractivity contribution >= 4 is 0 Å². The summed E-state index contributed by atoms with van der Waals surface area (Å²) in [5, 5.41) is 9.47. The lowest BCUT2D eigenvalue weighted by Crippen LogP contribution is -2.45. The minimum atomic E-state index is 0.264. The fourth-order valence-corrected chi connectivity index (χ4v) is 2.50. The van der Waals surface area contributed by atoms with Crippen LogP contribution in [0.3, 0.4) is 0 Å². The van der Waals surface area contributed by atoms with Crippen molar-refractivity contribution in [1.29, 1.82) is 0 Å². The van der Waals surface area contributed by atoms with Gasteiger partial charge in [0.1, 0.15) is 0 Å². The zero-order chi connectivity index (χ0) is 12.3. The van der Waals surface area contributed by atoms with Gasteiger partial charge in [-0.15, -0.1) is 0 Å². The first-order valence-electron chi connectivity index (χ1n) is 6.34. The van der Waals surface area contributed by atoms with Crippen LogP contribution in [0.4, 0.5) is 0 Å². The van der Waals surface area contributed by atoms with E-state index in [0.29, 0.717) is 5.92 Å². The zero-order valence-electron chi connectivity index (χ0n) is 10.8. The van der Waals surface area contributed by atoms with Crippen molar-refractivity contribution in [2.45, 2.75) is 26.8 Å². The first-order chi connectivity index (χ1) is 8.12. The Balaban J connectivity index is 1.96. The molecule has 0 spiro atoms. The fraction of sp³-hybridized carbons (Fsp3) is 0.643. The Morgan fingerprint density at radius 1 is 1.53 bits per heavy atom. The third-order valence-corrected chi connectivity index (χ3v) is 4.01. The van der Waals surface area contributed by atoms with E-state index in [-0.39, 0.29) is 12.0 Å². The number of rotatable bonds is 3. The number of aromatic nitrogens is 1. The number of likely N-dealkylation sites (tertiary alicyclic amines) is 1. The van der Waals surface area contributed by atoms with Gasteiger partial charge < -0.3 is 5.11 Å². The maximum atomic E-state index is 9.47. The van der Waals surface area contributed by atoms with Crippen LogP contribution in [0.5, 0.6) is 0 Å². The SMILES string of the molecule is CC1(C)CCN(Cc2cccnc2)CC1CO. The molecule has 1 atom stereocenters. The number of aliphatic hydroxyl groups excluding tert-OH is 1. The third kappa shape index (κ3) is 3.05. The highest BCUT2D eigenvalue weighted by molar-refractivity contribution is 5.08. The summed E-state index contributed by atoms with van der Waals surface area (Å²) < 4.78 is 0. The molecule has 0 aliphatic carbocycles. The highest BCUT2D eigenvalue weighted by atomic mass is 16.3. The molecule has 3 nitrogen and oxygen atoms in total. The van der Waals surface area contributed by atoms with Gasteiger partial charge in [-0.1, -0.05) is 19.9 Å². The Kier molecular flexibility index (Phi) is 3.79. The van der Waals surface area contributed by atoms with Gasteiger partial charge >= 0.3 is 0 Å². The highest BCUT2D eigenvalue weighted by Gasteiger charge is 2.34. The smallest absolute Gasteiger partial charge is 0.0476 e. The average Bonchev–Trinajstić information content (AvgIpc) is 2.33. The van der Waals surface area contributed by atoms with E-state index in [1.165, 1.54) is 5.56 Å². The van der Waals surface area contributed by atoms with Crippen molar-refractivity contribution in [2.24, 2.45) is 11.3 Å². The monoisotopic (exact) mass is 234 g/mol. The van der Waals surface area contributed by atoms with E-state index in [1.807, 2.05) is 12.3 Å². The van der Waals surface area contributed by atoms with E-state index in [9.17, 15) is 5.11 Å². The number of nitrogens with zero attached hydrogens (tertiary/aromatic N) is 2. The highest BCUT2D eigenvalue weighted by Crippen LogP contribution is 2.35. The predicted molar refractivity (Wildman–Crippen MR) is 68.5 cm³/mol. The molecule has 0 aromatic carbocycles. The molecular weight excluding hydrogens is 212 g/mol. The van der Waals surface area contributed by atoms with E-state index in [0.717, 1.165) is 26.1 Å². The number of hydrogen-bond donors (Lipinski definition) is 1. The maximum absolute atomic E-state index is 9.47. The van der Waals surface area contributed by atoms with Crippen LogP contribution in [0.1, 0.15) is 25.8 Å². The fourth-order valence-electron chi connectivity index (χ4n) is 2.50. The van der Waals surface area contributed by atoms with Crippen molar-refractivity contribution in [1.82, 2.24) is 9.88 Å². The first kappa shape index (κ1) is 12.5. The molecule has 0 amide bonds. The molecule has 2 rings (SSSR count). The predicted octanol–water partition coefficient (Wildman–Crippen LogP) is 1.92. The summed E-state index contributed by atoms with van der Waals surface area (Å²) in [5.74, 6) is 0.382. The standard InChI is InChI=1S/C14H22N2O/c1-14(2)5-7-16(10-13(14)11-17)9-12-4-3-6-15-8-12/h3-4,6,8,13,17H,5,7,9-11H2,1-2H3. The molecule has 1 unspecified atom stereocenters. The van der Waals surface area contributed by atoms with Gasteiger partial charge in [-0.25, -0.2) is 0 Å². The van der Waals surface area contributed by atoms with Crippen LogP contribution in [0.25, 0.3) is 0 Å². The average molecular weight is 234 g/mol. The van der Waals surface area contributed by atoms with Gasteiger partial charge in [-0.05, 0) is 35.9 Å². The molecule has 1 fully saturated rings. The summed E-state index contributed by atoms with van der Waals surface area (Å²) in [6.07, 6.45) is 4.88. The molecule has 1 saturated heterocycles. The summed E-state index contributed by atoms with van der Waals surface area (Å²) >= 11 is 0. The van der Waals surface area contributed by atoms with Gasteiger partial charge in [0.05, 0.1) is 0 Å². The van der Waals surface area contributed by atoms with E-state index < -0.39 is 0 Å². The minimum absolute atomic E-state index is 0.264. The van der Waals surface area contributed by atoms with Gasteiger partial charge in [0.2, 0.25) is 0 Å². The Morgan fingerprint density at radius 3 is 3.00 bits per heavy atom. The van der Waals surface area contributed by atoms with Crippen molar-refractivity contribution < 1.29 is 5.11 Å². The van der Waals surface area contributed by atoms with E-state index in [4.69, 9.17) is 0 Å². The molecule has 1 aromatic heterocycles. The Hall–Kier alpha value is -0.930. The van der Waals surface area contributed by atoms with Gasteiger partial charge in [0.25, 0.3) is 0 Å². The second-order valence-corrected chi connectivity index (χ2v) is 5.71. The second kappa shape index (κ2) is 5.15. The Bertz CT molecular complexity index is 350. The molecule has 0 radical (unpaired) electrons. The summed E-state index contributed by atoms with van der Waals surface area (Å²) in [7, 11) is 0. The van der Waals surface area contributed by atoms with Crippen LogP contribution >= 0.6 is 0 Å². The van der Waals surface area contributed by atoms with Crippen molar-refractivity contribution in [3.05, 3.63) is 30.1 Å². The summed E-state index contributed by atoms with van der Waals surface area (Å²) in [6.45, 7) is 7.85. The maximum Gasteiger partial charge on any atom is 0.0476 e. The zero-order valence-corrected chi connectivity index (χ0v) is 10.8. The van der Waals surface area contributed by atoms with Crippen molar-refractivity contribution in [2.75, 3.05) is 19.7 Å². The molecule has 0 saturated carbocycles. The van der Waals surface area contributed by atoms with Gasteiger partial charge in [-0.3, -0.25) is 9.88 Å². The topological polar surface area (TPSA) is 36.4 Å².